The van der Waals surface area contributed by atoms with Crippen LogP contribution in [0.25, 0.3) is 16.7 Å². The van der Waals surface area contributed by atoms with Gasteiger partial charge in [-0.3, -0.25) is 9.36 Å². The highest BCUT2D eigenvalue weighted by Gasteiger charge is 2.27. The van der Waals surface area contributed by atoms with Gasteiger partial charge in [0.1, 0.15) is 0 Å². The molecule has 7 nitrogen and oxygen atoms in total. The van der Waals surface area contributed by atoms with Gasteiger partial charge in [-0.15, -0.1) is 0 Å². The van der Waals surface area contributed by atoms with E-state index >= 15 is 0 Å². The fourth-order valence-electron chi connectivity index (χ4n) is 4.82. The number of likely N-dealkylation sites (tertiary alicyclic amines) is 1. The first-order valence-electron chi connectivity index (χ1n) is 11.1. The number of imidazole rings is 1. The van der Waals surface area contributed by atoms with Crippen molar-refractivity contribution < 1.29 is 4.79 Å². The lowest BCUT2D eigenvalue weighted by molar-refractivity contribution is -0.131. The van der Waals surface area contributed by atoms with Crippen LogP contribution in [0.15, 0.2) is 59.4 Å². The molecule has 0 radical (unpaired) electrons. The summed E-state index contributed by atoms with van der Waals surface area (Å²) in [6.45, 7) is 5.29. The maximum absolute atomic E-state index is 13.1. The van der Waals surface area contributed by atoms with Gasteiger partial charge in [0.15, 0.2) is 0 Å². The molecule has 0 spiro atoms. The van der Waals surface area contributed by atoms with Crippen molar-refractivity contribution >= 4 is 16.9 Å². The molecule has 1 saturated heterocycles. The Balaban J connectivity index is 1.29. The zero-order valence-corrected chi connectivity index (χ0v) is 18.4. The highest BCUT2D eigenvalue weighted by atomic mass is 16.2. The van der Waals surface area contributed by atoms with E-state index in [2.05, 4.69) is 10.1 Å². The highest BCUT2D eigenvalue weighted by Crippen LogP contribution is 2.26. The molecule has 1 fully saturated rings. The number of benzene rings is 2. The van der Waals surface area contributed by atoms with Gasteiger partial charge in [0.25, 0.3) is 0 Å². The molecule has 32 heavy (non-hydrogen) atoms. The molecule has 3 heterocycles. The van der Waals surface area contributed by atoms with E-state index in [-0.39, 0.29) is 17.6 Å². The number of nitrogens with zero attached hydrogens (tertiary/aromatic N) is 4. The molecular weight excluding hydrogens is 402 g/mol. The predicted molar refractivity (Wildman–Crippen MR) is 124 cm³/mol. The standard InChI is InChI=1S/C25H27N5O2/c1-17-21(18(2)30(27-17)20-8-4-3-5-9-20)16-24(31)28-14-12-19(13-15-28)29-23-11-7-6-10-22(23)26-25(29)32/h3-11,19H,12-16H2,1-2H3,(H,26,32). The third kappa shape index (κ3) is 3.53. The summed E-state index contributed by atoms with van der Waals surface area (Å²) in [4.78, 5) is 30.5. The molecule has 7 heteroatoms. The molecule has 5 rings (SSSR count). The van der Waals surface area contributed by atoms with Gasteiger partial charge in [-0.05, 0) is 51.0 Å². The Hall–Kier alpha value is -3.61. The van der Waals surface area contributed by atoms with Crippen LogP contribution in [0.5, 0.6) is 0 Å². The minimum Gasteiger partial charge on any atom is -0.342 e. The van der Waals surface area contributed by atoms with Gasteiger partial charge in [-0.25, -0.2) is 9.48 Å². The number of rotatable bonds is 4. The minimum absolute atomic E-state index is 0.0736. The quantitative estimate of drug-likeness (QED) is 0.539. The first-order chi connectivity index (χ1) is 15.5. The van der Waals surface area contributed by atoms with Gasteiger partial charge < -0.3 is 9.88 Å². The van der Waals surface area contributed by atoms with E-state index < -0.39 is 0 Å². The summed E-state index contributed by atoms with van der Waals surface area (Å²) >= 11 is 0. The summed E-state index contributed by atoms with van der Waals surface area (Å²) in [5.41, 5.74) is 5.60. The third-order valence-electron chi connectivity index (χ3n) is 6.58. The maximum Gasteiger partial charge on any atom is 0.326 e. The summed E-state index contributed by atoms with van der Waals surface area (Å²) in [6, 6.07) is 17.9. The van der Waals surface area contributed by atoms with Crippen LogP contribution in [0.3, 0.4) is 0 Å². The van der Waals surface area contributed by atoms with Gasteiger partial charge in [0.05, 0.1) is 28.8 Å². The topological polar surface area (TPSA) is 75.9 Å². The van der Waals surface area contributed by atoms with Crippen LogP contribution >= 0.6 is 0 Å². The molecule has 1 N–H and O–H groups in total. The van der Waals surface area contributed by atoms with E-state index in [4.69, 9.17) is 0 Å². The SMILES string of the molecule is Cc1nn(-c2ccccc2)c(C)c1CC(=O)N1CCC(n2c(=O)[nH]c3ccccc32)CC1. The van der Waals surface area contributed by atoms with Crippen LogP contribution < -0.4 is 5.69 Å². The Kier molecular flexibility index (Phi) is 5.17. The monoisotopic (exact) mass is 429 g/mol. The molecule has 4 aromatic rings. The molecule has 0 unspecified atom stereocenters. The number of nitrogens with one attached hydrogen (secondary N) is 1. The van der Waals surface area contributed by atoms with E-state index in [0.29, 0.717) is 19.5 Å². The van der Waals surface area contributed by atoms with Crippen molar-refractivity contribution in [2.24, 2.45) is 0 Å². The number of para-hydroxylation sites is 3. The second-order valence-corrected chi connectivity index (χ2v) is 8.50. The highest BCUT2D eigenvalue weighted by molar-refractivity contribution is 5.79. The van der Waals surface area contributed by atoms with Crippen LogP contribution in [0.2, 0.25) is 0 Å². The summed E-state index contributed by atoms with van der Waals surface area (Å²) in [6.07, 6.45) is 1.89. The lowest BCUT2D eigenvalue weighted by Gasteiger charge is -2.32. The Labute approximate surface area is 186 Å². The Bertz CT molecular complexity index is 1320. The zero-order valence-electron chi connectivity index (χ0n) is 18.4. The van der Waals surface area contributed by atoms with Gasteiger partial charge in [0, 0.05) is 30.4 Å². The fourth-order valence-corrected chi connectivity index (χ4v) is 4.82. The largest absolute Gasteiger partial charge is 0.342 e. The number of hydrogen-bond donors (Lipinski definition) is 1. The number of hydrogen-bond acceptors (Lipinski definition) is 3. The van der Waals surface area contributed by atoms with Crippen LogP contribution in [0.1, 0.15) is 35.8 Å². The molecule has 0 saturated carbocycles. The van der Waals surface area contributed by atoms with E-state index in [9.17, 15) is 9.59 Å². The van der Waals surface area contributed by atoms with Crippen molar-refractivity contribution in [1.29, 1.82) is 0 Å². The first kappa shape index (κ1) is 20.3. The van der Waals surface area contributed by atoms with Gasteiger partial charge in [-0.1, -0.05) is 30.3 Å². The average molecular weight is 430 g/mol. The number of H-pyrrole nitrogens is 1. The lowest BCUT2D eigenvalue weighted by Crippen LogP contribution is -2.41. The van der Waals surface area contributed by atoms with Gasteiger partial charge in [-0.2, -0.15) is 5.10 Å². The lowest BCUT2D eigenvalue weighted by atomic mass is 10.0. The average Bonchev–Trinajstić information content (AvgIpc) is 3.30. The van der Waals surface area contributed by atoms with E-state index in [1.165, 1.54) is 0 Å². The number of piperidine rings is 1. The Morgan fingerprint density at radius 2 is 1.72 bits per heavy atom. The number of aromatic nitrogens is 4. The Morgan fingerprint density at radius 3 is 2.47 bits per heavy atom. The molecule has 2 aromatic carbocycles. The number of aryl methyl sites for hydroxylation is 1. The summed E-state index contributed by atoms with van der Waals surface area (Å²) in [7, 11) is 0. The predicted octanol–water partition coefficient (Wildman–Crippen LogP) is 3.54. The van der Waals surface area contributed by atoms with Crippen molar-refractivity contribution in [3.05, 3.63) is 82.0 Å². The maximum atomic E-state index is 13.1. The molecular formula is C25H27N5O2. The molecule has 2 aromatic heterocycles. The Morgan fingerprint density at radius 1 is 1.03 bits per heavy atom. The molecule has 164 valence electrons. The van der Waals surface area contributed by atoms with Crippen LogP contribution in [0.4, 0.5) is 0 Å². The molecule has 1 amide bonds. The van der Waals surface area contributed by atoms with Crippen molar-refractivity contribution in [2.45, 2.75) is 39.2 Å². The zero-order chi connectivity index (χ0) is 22.2. The van der Waals surface area contributed by atoms with Crippen LogP contribution in [-0.4, -0.2) is 43.2 Å². The summed E-state index contributed by atoms with van der Waals surface area (Å²) in [5, 5.41) is 4.67. The molecule has 0 atom stereocenters. The van der Waals surface area contributed by atoms with Crippen LogP contribution in [-0.2, 0) is 11.2 Å². The number of amides is 1. The van der Waals surface area contributed by atoms with Crippen molar-refractivity contribution in [3.63, 3.8) is 0 Å². The van der Waals surface area contributed by atoms with E-state index in [0.717, 1.165) is 46.5 Å². The molecule has 1 aliphatic heterocycles. The van der Waals surface area contributed by atoms with Gasteiger partial charge >= 0.3 is 5.69 Å². The van der Waals surface area contributed by atoms with Crippen LogP contribution in [0, 0.1) is 13.8 Å². The van der Waals surface area contributed by atoms with Crippen molar-refractivity contribution in [3.8, 4) is 5.69 Å². The molecule has 0 bridgehead atoms. The number of carbonyl (C=O) groups is 1. The van der Waals surface area contributed by atoms with Gasteiger partial charge in [0.2, 0.25) is 5.91 Å². The molecule has 1 aliphatic rings. The number of aromatic amines is 1. The van der Waals surface area contributed by atoms with Crippen molar-refractivity contribution in [1.82, 2.24) is 24.2 Å². The fraction of sp³-hybridized carbons (Fsp3) is 0.320. The summed E-state index contributed by atoms with van der Waals surface area (Å²) < 4.78 is 3.77. The smallest absolute Gasteiger partial charge is 0.326 e. The number of carbonyl (C=O) groups excluding carboxylic acids is 1. The summed E-state index contributed by atoms with van der Waals surface area (Å²) in [5.74, 6) is 0.119. The number of fused-ring (bicyclic) bond motifs is 1. The third-order valence-corrected chi connectivity index (χ3v) is 6.58. The second-order valence-electron chi connectivity index (χ2n) is 8.50. The minimum atomic E-state index is -0.0736. The second kappa shape index (κ2) is 8.15. The van der Waals surface area contributed by atoms with E-state index in [1.54, 1.807) is 0 Å². The van der Waals surface area contributed by atoms with Crippen molar-refractivity contribution in [2.75, 3.05) is 13.1 Å². The van der Waals surface area contributed by atoms with E-state index in [1.807, 2.05) is 82.6 Å². The molecule has 0 aliphatic carbocycles. The normalized spacial score (nSPS) is 14.9. The first-order valence-corrected chi connectivity index (χ1v) is 11.1.